The van der Waals surface area contributed by atoms with Crippen molar-refractivity contribution in [3.05, 3.63) is 40.1 Å². The van der Waals surface area contributed by atoms with Gasteiger partial charge in [-0.15, -0.1) is 0 Å². The molecule has 0 bridgehead atoms. The molecule has 0 unspecified atom stereocenters. The van der Waals surface area contributed by atoms with Crippen LogP contribution in [0, 0.1) is 0 Å². The minimum atomic E-state index is -1.23. The van der Waals surface area contributed by atoms with E-state index < -0.39 is 35.1 Å². The minimum Gasteiger partial charge on any atom is -0.504 e. The lowest BCUT2D eigenvalue weighted by Gasteiger charge is -2.17. The molecule has 0 fully saturated rings. The fraction of sp³-hybridized carbons (Fsp3) is 0.357. The first kappa shape index (κ1) is 17.6. The molecule has 0 saturated carbocycles. The smallest absolute Gasteiger partial charge is 0.326 e. The highest BCUT2D eigenvalue weighted by Crippen LogP contribution is 2.06. The van der Waals surface area contributed by atoms with E-state index >= 15 is 0 Å². The van der Waals surface area contributed by atoms with Crippen molar-refractivity contribution in [3.63, 3.8) is 0 Å². The van der Waals surface area contributed by atoms with Crippen molar-refractivity contribution in [1.29, 1.82) is 0 Å². The van der Waals surface area contributed by atoms with E-state index in [1.807, 2.05) is 0 Å². The van der Waals surface area contributed by atoms with Gasteiger partial charge in [0.25, 0.3) is 0 Å². The number of carbonyl (C=O) groups excluding carboxylic acids is 1. The van der Waals surface area contributed by atoms with Gasteiger partial charge in [-0.05, 0) is 30.7 Å². The SMILES string of the molecule is NCC[C@H](N)C(=O)N[C@@H](Cc1ccc(O)c(=O)cc1)C(=O)O. The highest BCUT2D eigenvalue weighted by molar-refractivity contribution is 5.86. The molecule has 2 atom stereocenters. The van der Waals surface area contributed by atoms with Gasteiger partial charge in [-0.2, -0.15) is 0 Å². The number of hydrogen-bond donors (Lipinski definition) is 5. The predicted octanol–water partition coefficient (Wildman–Crippen LogP) is -1.46. The largest absolute Gasteiger partial charge is 0.504 e. The fourth-order valence-electron chi connectivity index (χ4n) is 1.75. The number of carbonyl (C=O) groups is 2. The summed E-state index contributed by atoms with van der Waals surface area (Å²) in [7, 11) is 0. The number of carboxylic acids is 1. The van der Waals surface area contributed by atoms with E-state index in [0.717, 1.165) is 6.07 Å². The van der Waals surface area contributed by atoms with Gasteiger partial charge in [0.05, 0.1) is 6.04 Å². The topological polar surface area (TPSA) is 156 Å². The number of carboxylic acid groups (broad SMARTS) is 1. The molecule has 1 rings (SSSR count). The zero-order valence-corrected chi connectivity index (χ0v) is 11.9. The molecule has 120 valence electrons. The number of aliphatic carboxylic acids is 1. The lowest BCUT2D eigenvalue weighted by atomic mass is 10.1. The average Bonchev–Trinajstić information content (AvgIpc) is 2.62. The first-order chi connectivity index (χ1) is 10.3. The molecule has 0 saturated heterocycles. The number of amides is 1. The van der Waals surface area contributed by atoms with Gasteiger partial charge in [0, 0.05) is 6.42 Å². The van der Waals surface area contributed by atoms with Crippen LogP contribution in [-0.4, -0.2) is 40.7 Å². The molecule has 1 aromatic rings. The lowest BCUT2D eigenvalue weighted by Crippen LogP contribution is -2.49. The second kappa shape index (κ2) is 8.11. The van der Waals surface area contributed by atoms with Gasteiger partial charge in [-0.1, -0.05) is 12.1 Å². The Kier molecular flexibility index (Phi) is 6.48. The summed E-state index contributed by atoms with van der Waals surface area (Å²) in [4.78, 5) is 34.3. The normalized spacial score (nSPS) is 13.2. The Morgan fingerprint density at radius 2 is 1.86 bits per heavy atom. The van der Waals surface area contributed by atoms with Crippen LogP contribution < -0.4 is 22.2 Å². The van der Waals surface area contributed by atoms with Crippen molar-refractivity contribution in [2.24, 2.45) is 11.5 Å². The van der Waals surface area contributed by atoms with Crippen LogP contribution in [-0.2, 0) is 16.0 Å². The van der Waals surface area contributed by atoms with Crippen LogP contribution in [0.15, 0.2) is 29.1 Å². The molecule has 8 heteroatoms. The van der Waals surface area contributed by atoms with Crippen molar-refractivity contribution in [2.45, 2.75) is 24.9 Å². The zero-order valence-electron chi connectivity index (χ0n) is 11.9. The molecular formula is C14H19N3O5. The first-order valence-corrected chi connectivity index (χ1v) is 6.66. The van der Waals surface area contributed by atoms with Crippen LogP contribution in [0.25, 0.3) is 0 Å². The second-order valence-corrected chi connectivity index (χ2v) is 4.78. The Morgan fingerprint density at radius 3 is 2.45 bits per heavy atom. The van der Waals surface area contributed by atoms with Crippen molar-refractivity contribution in [3.8, 4) is 5.75 Å². The van der Waals surface area contributed by atoms with Crippen LogP contribution in [0.5, 0.6) is 5.75 Å². The highest BCUT2D eigenvalue weighted by atomic mass is 16.4. The number of rotatable bonds is 7. The molecule has 0 aliphatic carbocycles. The highest BCUT2D eigenvalue weighted by Gasteiger charge is 2.23. The summed E-state index contributed by atoms with van der Waals surface area (Å²) in [6.45, 7) is 0.215. The third-order valence-electron chi connectivity index (χ3n) is 3.03. The molecule has 0 spiro atoms. The number of hydrogen-bond acceptors (Lipinski definition) is 6. The Balaban J connectivity index is 2.85. The molecule has 1 aromatic carbocycles. The zero-order chi connectivity index (χ0) is 16.7. The Morgan fingerprint density at radius 1 is 1.23 bits per heavy atom. The molecule has 0 aromatic heterocycles. The Labute approximate surface area is 126 Å². The third kappa shape index (κ3) is 5.15. The fourth-order valence-corrected chi connectivity index (χ4v) is 1.75. The molecule has 22 heavy (non-hydrogen) atoms. The molecule has 0 aliphatic heterocycles. The molecule has 0 radical (unpaired) electrons. The number of aromatic hydroxyl groups is 1. The van der Waals surface area contributed by atoms with Gasteiger partial charge in [0.2, 0.25) is 11.3 Å². The van der Waals surface area contributed by atoms with E-state index in [9.17, 15) is 24.6 Å². The Bertz CT molecular complexity index is 605. The van der Waals surface area contributed by atoms with E-state index in [1.54, 1.807) is 0 Å². The van der Waals surface area contributed by atoms with E-state index in [1.165, 1.54) is 18.2 Å². The third-order valence-corrected chi connectivity index (χ3v) is 3.03. The molecule has 0 heterocycles. The van der Waals surface area contributed by atoms with Gasteiger partial charge in [0.1, 0.15) is 6.04 Å². The maximum atomic E-state index is 11.8. The van der Waals surface area contributed by atoms with Gasteiger partial charge in [0.15, 0.2) is 5.75 Å². The standard InChI is InChI=1S/C14H19N3O5/c15-6-5-9(16)13(20)17-10(14(21)22)7-8-1-3-11(18)12(19)4-2-8/h1-4,9-10H,5-7,15-16H2,(H,17,20)(H,18,19)(H,21,22)/t9-,10-/m0/s1. The van der Waals surface area contributed by atoms with Crippen LogP contribution in [0.4, 0.5) is 0 Å². The molecule has 1 amide bonds. The summed E-state index contributed by atoms with van der Waals surface area (Å²) in [5.41, 5.74) is 10.8. The van der Waals surface area contributed by atoms with Crippen molar-refractivity contribution in [2.75, 3.05) is 6.54 Å². The van der Waals surface area contributed by atoms with Crippen molar-refractivity contribution >= 4 is 11.9 Å². The van der Waals surface area contributed by atoms with E-state index in [2.05, 4.69) is 5.32 Å². The lowest BCUT2D eigenvalue weighted by molar-refractivity contribution is -0.142. The summed E-state index contributed by atoms with van der Waals surface area (Å²) < 4.78 is 0. The van der Waals surface area contributed by atoms with Gasteiger partial charge in [-0.25, -0.2) is 4.79 Å². The molecule has 8 nitrogen and oxygen atoms in total. The molecular weight excluding hydrogens is 290 g/mol. The molecule has 0 aliphatic rings. The summed E-state index contributed by atoms with van der Waals surface area (Å²) in [5.74, 6) is -2.27. The van der Waals surface area contributed by atoms with Gasteiger partial charge < -0.3 is 27.0 Å². The monoisotopic (exact) mass is 309 g/mol. The second-order valence-electron chi connectivity index (χ2n) is 4.78. The van der Waals surface area contributed by atoms with Gasteiger partial charge in [-0.3, -0.25) is 9.59 Å². The quantitative estimate of drug-likeness (QED) is 0.412. The van der Waals surface area contributed by atoms with Crippen LogP contribution >= 0.6 is 0 Å². The van der Waals surface area contributed by atoms with Crippen molar-refractivity contribution in [1.82, 2.24) is 5.32 Å². The first-order valence-electron chi connectivity index (χ1n) is 6.66. The number of nitrogens with one attached hydrogen (secondary N) is 1. The molecule has 7 N–H and O–H groups in total. The van der Waals surface area contributed by atoms with Crippen LogP contribution in [0.3, 0.4) is 0 Å². The maximum Gasteiger partial charge on any atom is 0.326 e. The van der Waals surface area contributed by atoms with Crippen LogP contribution in [0.2, 0.25) is 0 Å². The summed E-state index contributed by atoms with van der Waals surface area (Å²) in [5, 5.41) is 20.8. The number of nitrogens with two attached hydrogens (primary N) is 2. The van der Waals surface area contributed by atoms with Crippen LogP contribution in [0.1, 0.15) is 12.0 Å². The van der Waals surface area contributed by atoms with E-state index in [-0.39, 0.29) is 19.4 Å². The van der Waals surface area contributed by atoms with E-state index in [0.29, 0.717) is 5.56 Å². The van der Waals surface area contributed by atoms with E-state index in [4.69, 9.17) is 11.5 Å². The average molecular weight is 309 g/mol. The predicted molar refractivity (Wildman–Crippen MR) is 79.3 cm³/mol. The summed E-state index contributed by atoms with van der Waals surface area (Å²) in [6.07, 6.45) is 0.190. The summed E-state index contributed by atoms with van der Waals surface area (Å²) in [6, 6.07) is 3.04. The minimum absolute atomic E-state index is 0.0516. The maximum absolute atomic E-state index is 11.8. The van der Waals surface area contributed by atoms with Crippen molar-refractivity contribution < 1.29 is 19.8 Å². The Hall–Kier alpha value is -2.45. The summed E-state index contributed by atoms with van der Waals surface area (Å²) >= 11 is 0. The van der Waals surface area contributed by atoms with Gasteiger partial charge >= 0.3 is 5.97 Å².